The van der Waals surface area contributed by atoms with Gasteiger partial charge in [-0.05, 0) is 24.1 Å². The SMILES string of the molecule is Nc1cccc(CO[C@@H]2C[C@H]3[C@@H](F)[C@H]3[C@H]2N)c1. The Balaban J connectivity index is 1.56. The van der Waals surface area contributed by atoms with E-state index in [2.05, 4.69) is 0 Å². The first kappa shape index (κ1) is 11.0. The second-order valence-corrected chi connectivity index (χ2v) is 5.09. The van der Waals surface area contributed by atoms with E-state index in [9.17, 15) is 4.39 Å². The zero-order chi connectivity index (χ0) is 12.0. The number of ether oxygens (including phenoxy) is 1. The van der Waals surface area contributed by atoms with Gasteiger partial charge in [0, 0.05) is 23.6 Å². The van der Waals surface area contributed by atoms with Crippen molar-refractivity contribution in [3.8, 4) is 0 Å². The third-order valence-electron chi connectivity index (χ3n) is 3.92. The maximum absolute atomic E-state index is 13.1. The molecular formula is C13H17FN2O. The number of fused-ring (bicyclic) bond motifs is 1. The van der Waals surface area contributed by atoms with Gasteiger partial charge in [0.15, 0.2) is 0 Å². The monoisotopic (exact) mass is 236 g/mol. The van der Waals surface area contributed by atoms with Crippen LogP contribution in [0.4, 0.5) is 10.1 Å². The van der Waals surface area contributed by atoms with Crippen molar-refractivity contribution in [2.24, 2.45) is 17.6 Å². The molecular weight excluding hydrogens is 219 g/mol. The van der Waals surface area contributed by atoms with Crippen LogP contribution in [0.3, 0.4) is 0 Å². The first-order chi connectivity index (χ1) is 8.16. The summed E-state index contributed by atoms with van der Waals surface area (Å²) in [5.74, 6) is 0.191. The molecule has 1 aromatic rings. The van der Waals surface area contributed by atoms with Gasteiger partial charge in [0.1, 0.15) is 6.17 Å². The molecule has 5 atom stereocenters. The van der Waals surface area contributed by atoms with Gasteiger partial charge in [-0.25, -0.2) is 4.39 Å². The van der Waals surface area contributed by atoms with E-state index in [1.54, 1.807) is 0 Å². The third-order valence-corrected chi connectivity index (χ3v) is 3.92. The number of benzene rings is 1. The molecule has 3 nitrogen and oxygen atoms in total. The van der Waals surface area contributed by atoms with Crippen LogP contribution in [0.25, 0.3) is 0 Å². The highest BCUT2D eigenvalue weighted by molar-refractivity contribution is 5.40. The molecule has 0 heterocycles. The minimum Gasteiger partial charge on any atom is -0.399 e. The van der Waals surface area contributed by atoms with Gasteiger partial charge in [0.05, 0.1) is 12.7 Å². The molecule has 17 heavy (non-hydrogen) atoms. The Morgan fingerprint density at radius 2 is 2.24 bits per heavy atom. The van der Waals surface area contributed by atoms with Crippen molar-refractivity contribution in [2.75, 3.05) is 5.73 Å². The topological polar surface area (TPSA) is 61.3 Å². The molecule has 3 rings (SSSR count). The minimum absolute atomic E-state index is 0.00145. The molecule has 0 spiro atoms. The second-order valence-electron chi connectivity index (χ2n) is 5.09. The number of halogens is 1. The summed E-state index contributed by atoms with van der Waals surface area (Å²) in [6.45, 7) is 0.500. The fraction of sp³-hybridized carbons (Fsp3) is 0.538. The normalized spacial score (nSPS) is 39.1. The predicted molar refractivity (Wildman–Crippen MR) is 63.9 cm³/mol. The van der Waals surface area contributed by atoms with E-state index in [1.165, 1.54) is 0 Å². The summed E-state index contributed by atoms with van der Waals surface area (Å²) in [7, 11) is 0. The zero-order valence-corrected chi connectivity index (χ0v) is 9.55. The maximum Gasteiger partial charge on any atom is 0.108 e. The lowest BCUT2D eigenvalue weighted by Gasteiger charge is -2.20. The number of alkyl halides is 1. The van der Waals surface area contributed by atoms with Crippen LogP contribution < -0.4 is 11.5 Å². The van der Waals surface area contributed by atoms with Gasteiger partial charge in [-0.3, -0.25) is 0 Å². The summed E-state index contributed by atoms with van der Waals surface area (Å²) < 4.78 is 18.9. The number of hydrogen-bond donors (Lipinski definition) is 2. The van der Waals surface area contributed by atoms with Crippen LogP contribution in [0.1, 0.15) is 12.0 Å². The Morgan fingerprint density at radius 3 is 2.88 bits per heavy atom. The number of nitrogen functional groups attached to an aromatic ring is 1. The fourth-order valence-corrected chi connectivity index (χ4v) is 2.88. The summed E-state index contributed by atoms with van der Waals surface area (Å²) in [6, 6.07) is 7.45. The van der Waals surface area contributed by atoms with Gasteiger partial charge in [0.2, 0.25) is 0 Å². The van der Waals surface area contributed by atoms with Crippen molar-refractivity contribution in [2.45, 2.75) is 31.3 Å². The molecule has 2 aliphatic rings. The fourth-order valence-electron chi connectivity index (χ4n) is 2.88. The zero-order valence-electron chi connectivity index (χ0n) is 9.55. The van der Waals surface area contributed by atoms with Crippen molar-refractivity contribution in [3.63, 3.8) is 0 Å². The molecule has 2 aliphatic carbocycles. The van der Waals surface area contributed by atoms with Crippen LogP contribution >= 0.6 is 0 Å². The van der Waals surface area contributed by atoms with Crippen molar-refractivity contribution in [1.29, 1.82) is 0 Å². The van der Waals surface area contributed by atoms with Gasteiger partial charge < -0.3 is 16.2 Å². The standard InChI is InChI=1S/C13H17FN2O/c14-12-9-5-10(13(16)11(9)12)17-6-7-2-1-3-8(15)4-7/h1-4,9-13H,5-6,15-16H2/t9-,10-,11+,12-,13+/m1/s1. The third kappa shape index (κ3) is 1.91. The van der Waals surface area contributed by atoms with E-state index in [1.807, 2.05) is 24.3 Å². The van der Waals surface area contributed by atoms with Crippen molar-refractivity contribution >= 4 is 5.69 Å². The lowest BCUT2D eigenvalue weighted by molar-refractivity contribution is 0.0214. The Hall–Kier alpha value is -1.13. The van der Waals surface area contributed by atoms with Crippen molar-refractivity contribution < 1.29 is 9.13 Å². The second kappa shape index (κ2) is 3.96. The molecule has 2 saturated carbocycles. The molecule has 4 heteroatoms. The lowest BCUT2D eigenvalue weighted by atomic mass is 10.1. The molecule has 4 N–H and O–H groups in total. The maximum atomic E-state index is 13.1. The Kier molecular flexibility index (Phi) is 2.56. The van der Waals surface area contributed by atoms with Gasteiger partial charge in [0.25, 0.3) is 0 Å². The van der Waals surface area contributed by atoms with Gasteiger partial charge in [-0.15, -0.1) is 0 Å². The molecule has 0 aromatic heterocycles. The Morgan fingerprint density at radius 1 is 1.41 bits per heavy atom. The van der Waals surface area contributed by atoms with Crippen LogP contribution in [0.2, 0.25) is 0 Å². The Bertz CT molecular complexity index is 426. The minimum atomic E-state index is -0.683. The molecule has 0 bridgehead atoms. The highest BCUT2D eigenvalue weighted by Gasteiger charge is 2.62. The first-order valence-electron chi connectivity index (χ1n) is 6.02. The van der Waals surface area contributed by atoms with Gasteiger partial charge >= 0.3 is 0 Å². The van der Waals surface area contributed by atoms with E-state index in [-0.39, 0.29) is 24.0 Å². The quantitative estimate of drug-likeness (QED) is 0.781. The van der Waals surface area contributed by atoms with Crippen molar-refractivity contribution in [1.82, 2.24) is 0 Å². The summed E-state index contributed by atoms with van der Waals surface area (Å²) in [6.07, 6.45) is 0.0747. The summed E-state index contributed by atoms with van der Waals surface area (Å²) in [4.78, 5) is 0. The highest BCUT2D eigenvalue weighted by atomic mass is 19.1. The average molecular weight is 236 g/mol. The van der Waals surface area contributed by atoms with E-state index in [0.717, 1.165) is 17.7 Å². The van der Waals surface area contributed by atoms with E-state index in [0.29, 0.717) is 6.61 Å². The van der Waals surface area contributed by atoms with Crippen LogP contribution in [-0.4, -0.2) is 18.3 Å². The van der Waals surface area contributed by atoms with Gasteiger partial charge in [-0.1, -0.05) is 12.1 Å². The number of rotatable bonds is 3. The Labute approximate surface area is 99.9 Å². The summed E-state index contributed by atoms with van der Waals surface area (Å²) in [5.41, 5.74) is 13.4. The van der Waals surface area contributed by atoms with Crippen LogP contribution in [-0.2, 0) is 11.3 Å². The summed E-state index contributed by atoms with van der Waals surface area (Å²) >= 11 is 0. The number of anilines is 1. The average Bonchev–Trinajstić information content (AvgIpc) is 2.79. The van der Waals surface area contributed by atoms with E-state index in [4.69, 9.17) is 16.2 Å². The van der Waals surface area contributed by atoms with Crippen LogP contribution in [0, 0.1) is 11.8 Å². The number of hydrogen-bond acceptors (Lipinski definition) is 3. The molecule has 92 valence electrons. The molecule has 1 aromatic carbocycles. The van der Waals surface area contributed by atoms with Crippen LogP contribution in [0.15, 0.2) is 24.3 Å². The number of nitrogens with two attached hydrogens (primary N) is 2. The predicted octanol–water partition coefficient (Wildman–Crippen LogP) is 1.47. The van der Waals surface area contributed by atoms with E-state index >= 15 is 0 Å². The molecule has 0 aliphatic heterocycles. The largest absolute Gasteiger partial charge is 0.399 e. The molecule has 0 unspecified atom stereocenters. The van der Waals surface area contributed by atoms with Crippen LogP contribution in [0.5, 0.6) is 0 Å². The first-order valence-corrected chi connectivity index (χ1v) is 6.02. The van der Waals surface area contributed by atoms with E-state index < -0.39 is 6.17 Å². The highest BCUT2D eigenvalue weighted by Crippen LogP contribution is 2.54. The van der Waals surface area contributed by atoms with Crippen molar-refractivity contribution in [3.05, 3.63) is 29.8 Å². The molecule has 0 saturated heterocycles. The lowest BCUT2D eigenvalue weighted by Crippen LogP contribution is -2.36. The molecule has 0 radical (unpaired) electrons. The molecule has 0 amide bonds. The molecule has 2 fully saturated rings. The van der Waals surface area contributed by atoms with Gasteiger partial charge in [-0.2, -0.15) is 0 Å². The smallest absolute Gasteiger partial charge is 0.108 e. The summed E-state index contributed by atoms with van der Waals surface area (Å²) in [5, 5.41) is 0.